The molecule has 7 aromatic rings. The number of ether oxygens (including phenoxy) is 8. The molecule has 7 amide bonds. The van der Waals surface area contributed by atoms with Crippen LogP contribution in [-0.2, 0) is 82.1 Å². The molecule has 0 saturated carbocycles. The molecule has 0 spiro atoms. The highest BCUT2D eigenvalue weighted by molar-refractivity contribution is 6.33. The minimum atomic E-state index is -0.516. The van der Waals surface area contributed by atoms with Crippen LogP contribution in [0.5, 0.6) is 0 Å². The summed E-state index contributed by atoms with van der Waals surface area (Å²) in [5, 5.41) is 17.2. The predicted molar refractivity (Wildman–Crippen MR) is 374 cm³/mol. The Bertz CT molecular complexity index is 3900. The van der Waals surface area contributed by atoms with Crippen LogP contribution in [0.25, 0.3) is 22.3 Å². The van der Waals surface area contributed by atoms with Gasteiger partial charge in [0.1, 0.15) is 22.9 Å². The first kappa shape index (κ1) is 75.3. The van der Waals surface area contributed by atoms with E-state index in [1.807, 2.05) is 35.2 Å². The Morgan fingerprint density at radius 3 is 1.64 bits per heavy atom. The average molecular weight is 1390 g/mol. The maximum absolute atomic E-state index is 13.4. The van der Waals surface area contributed by atoms with Gasteiger partial charge in [0.25, 0.3) is 29.5 Å². The lowest BCUT2D eigenvalue weighted by Gasteiger charge is -2.35. The number of halogens is 1. The smallest absolute Gasteiger partial charge is 0.291 e. The van der Waals surface area contributed by atoms with Crippen molar-refractivity contribution < 1.29 is 71.5 Å². The lowest BCUT2D eigenvalue weighted by Crippen LogP contribution is -2.40. The van der Waals surface area contributed by atoms with E-state index in [0.29, 0.717) is 139 Å². The molecule has 0 aliphatic carbocycles. The Hall–Kier alpha value is -9.43. The highest BCUT2D eigenvalue weighted by atomic mass is 35.5. The van der Waals surface area contributed by atoms with Crippen LogP contribution in [-0.4, -0.2) is 196 Å². The summed E-state index contributed by atoms with van der Waals surface area (Å²) < 4.78 is 50.9. The molecule has 0 radical (unpaired) electrons. The number of nitrogens with two attached hydrogens (primary N) is 2. The van der Waals surface area contributed by atoms with Gasteiger partial charge in [0, 0.05) is 120 Å². The zero-order chi connectivity index (χ0) is 70.8. The van der Waals surface area contributed by atoms with Gasteiger partial charge in [-0.3, -0.25) is 33.6 Å². The number of fused-ring (bicyclic) bond motifs is 1. The number of imidazole rings is 1. The van der Waals surface area contributed by atoms with E-state index >= 15 is 0 Å². The summed E-state index contributed by atoms with van der Waals surface area (Å²) >= 11 is 6.73. The number of benzene rings is 3. The van der Waals surface area contributed by atoms with Crippen LogP contribution >= 0.6 is 11.6 Å². The lowest BCUT2D eigenvalue weighted by molar-refractivity contribution is -0.117. The van der Waals surface area contributed by atoms with Crippen molar-refractivity contribution in [3.8, 4) is 22.3 Å². The van der Waals surface area contributed by atoms with Gasteiger partial charge in [0.15, 0.2) is 0 Å². The van der Waals surface area contributed by atoms with E-state index in [1.165, 1.54) is 32.0 Å². The molecule has 10 N–H and O–H groups in total. The molecule has 8 rings (SSSR count). The van der Waals surface area contributed by atoms with Gasteiger partial charge in [-0.15, -0.1) is 0 Å². The van der Waals surface area contributed by atoms with Crippen LogP contribution in [0.15, 0.2) is 97.6 Å². The molecule has 1 aliphatic rings. The predicted octanol–water partition coefficient (Wildman–Crippen LogP) is 5.83. The fourth-order valence-corrected chi connectivity index (χ4v) is 11.1. The van der Waals surface area contributed by atoms with E-state index < -0.39 is 29.5 Å². The molecular formula is C69H89ClN14O15. The Labute approximate surface area is 579 Å². The highest BCUT2D eigenvalue weighted by Crippen LogP contribution is 2.41. The molecule has 1 aliphatic heterocycles. The molecule has 29 nitrogen and oxygen atoms in total. The normalized spacial score (nSPS) is 12.7. The Morgan fingerprint density at radius 1 is 0.525 bits per heavy atom. The van der Waals surface area contributed by atoms with Gasteiger partial charge >= 0.3 is 0 Å². The number of rotatable bonds is 40. The standard InChI is InChI=1S/C69H89ClN14O15/c1-45-7-8-48-37-47(10-14-58(48)84(45)46(2)85)53-12-9-49(38-54(53)55-39-50(71)11-13-56(55)70)65(87)74-18-21-92-23-25-94-27-29-96-31-33-98-35-36-99-34-32-97-30-28-95-26-24-93-22-19-75-68(90)63-57(16-20-80(63)3)78-67(89)60-40-51(42-82(60)5)76-62(86)15-17-73-66(88)59-41-52(43-81(59)4)77-69(91)64-79-61(72)44-83(64)6/h9-14,16,20,37-45H,7-8,15,17-19,21-36,71-72H2,1-6H3,(H,73,88)(H,74,87)(H,75,90)(H,76,86)(H,77,91)(H,78,89)/t45-/m0/s1. The summed E-state index contributed by atoms with van der Waals surface area (Å²) in [5.74, 6) is -2.25. The van der Waals surface area contributed by atoms with E-state index in [4.69, 9.17) is 61.0 Å². The lowest BCUT2D eigenvalue weighted by atomic mass is 9.89. The van der Waals surface area contributed by atoms with Crippen molar-refractivity contribution >= 4 is 87.2 Å². The van der Waals surface area contributed by atoms with Crippen LogP contribution in [0.2, 0.25) is 5.02 Å². The van der Waals surface area contributed by atoms with Crippen molar-refractivity contribution in [3.63, 3.8) is 0 Å². The third kappa shape index (κ3) is 22.3. The zero-order valence-electron chi connectivity index (χ0n) is 56.7. The van der Waals surface area contributed by atoms with Gasteiger partial charge in [0.05, 0.1) is 123 Å². The molecule has 532 valence electrons. The van der Waals surface area contributed by atoms with Gasteiger partial charge in [0.2, 0.25) is 17.6 Å². The van der Waals surface area contributed by atoms with Gasteiger partial charge in [-0.2, -0.15) is 0 Å². The maximum Gasteiger partial charge on any atom is 0.291 e. The highest BCUT2D eigenvalue weighted by Gasteiger charge is 2.28. The molecule has 30 heteroatoms. The van der Waals surface area contributed by atoms with Crippen LogP contribution in [0.4, 0.5) is 34.3 Å². The van der Waals surface area contributed by atoms with Crippen molar-refractivity contribution in [2.24, 2.45) is 28.2 Å². The first-order chi connectivity index (χ1) is 47.8. The number of amides is 7. The largest absolute Gasteiger partial charge is 0.399 e. The number of nitrogens with zero attached hydrogens (tertiary/aromatic N) is 6. The van der Waals surface area contributed by atoms with Crippen molar-refractivity contribution in [3.05, 3.63) is 137 Å². The quantitative estimate of drug-likeness (QED) is 0.0165. The van der Waals surface area contributed by atoms with Gasteiger partial charge in [-0.05, 0) is 103 Å². The van der Waals surface area contributed by atoms with E-state index in [2.05, 4.69) is 49.9 Å². The number of nitrogens with one attached hydrogen (secondary N) is 6. The monoisotopic (exact) mass is 1390 g/mol. The maximum atomic E-state index is 13.4. The Morgan fingerprint density at radius 2 is 1.07 bits per heavy atom. The summed E-state index contributed by atoms with van der Waals surface area (Å²) in [4.78, 5) is 96.8. The number of hydrogen-bond donors (Lipinski definition) is 8. The van der Waals surface area contributed by atoms with Crippen LogP contribution < -0.4 is 48.3 Å². The molecular weight excluding hydrogens is 1300 g/mol. The minimum Gasteiger partial charge on any atom is -0.399 e. The molecule has 0 bridgehead atoms. The van der Waals surface area contributed by atoms with Crippen molar-refractivity contribution in [1.82, 2.24) is 39.2 Å². The summed E-state index contributed by atoms with van der Waals surface area (Å²) in [6.07, 6.45) is 7.93. The number of nitrogen functional groups attached to an aromatic ring is 2. The number of anilines is 6. The third-order valence-corrected chi connectivity index (χ3v) is 16.1. The molecule has 0 saturated heterocycles. The number of carbonyl (C=O) groups is 7. The molecule has 3 aromatic carbocycles. The minimum absolute atomic E-state index is 0.00466. The topological polar surface area (TPSA) is 353 Å². The summed E-state index contributed by atoms with van der Waals surface area (Å²) in [6, 6.07) is 21.7. The second-order valence-electron chi connectivity index (χ2n) is 23.2. The second-order valence-corrected chi connectivity index (χ2v) is 23.6. The summed E-state index contributed by atoms with van der Waals surface area (Å²) in [6.45, 7) is 10.0. The number of aromatic nitrogens is 5. The first-order valence-electron chi connectivity index (χ1n) is 32.5. The van der Waals surface area contributed by atoms with Crippen molar-refractivity contribution in [2.75, 3.05) is 158 Å². The molecule has 0 fully saturated rings. The number of hydrogen-bond acceptors (Lipinski definition) is 18. The van der Waals surface area contributed by atoms with Crippen LogP contribution in [0, 0.1) is 0 Å². The fourth-order valence-electron chi connectivity index (χ4n) is 10.9. The van der Waals surface area contributed by atoms with E-state index in [1.54, 1.807) is 82.5 Å². The molecule has 1 atom stereocenters. The number of carbonyl (C=O) groups excluding carboxylic acids is 7. The fraction of sp³-hybridized carbons (Fsp3) is 0.420. The van der Waals surface area contributed by atoms with Gasteiger partial charge in [-0.25, -0.2) is 4.98 Å². The van der Waals surface area contributed by atoms with Crippen LogP contribution in [0.1, 0.15) is 84.7 Å². The van der Waals surface area contributed by atoms with E-state index in [9.17, 15) is 33.6 Å². The van der Waals surface area contributed by atoms with Gasteiger partial charge in [-0.1, -0.05) is 23.7 Å². The SMILES string of the molecule is CC(=O)N1c2ccc(-c3ccc(C(=O)NCCOCCOCCOCCOCCOCCOCCOCCOCCNC(=O)c4c(NC(=O)c5cc(NC(=O)CCNC(=O)c6cc(NC(=O)c7nc(N)cn7C)cn6C)cn5C)ccn4C)cc3-c3cc(N)ccc3Cl)cc2CC[C@@H]1C. The molecule has 4 aromatic heterocycles. The molecule has 99 heavy (non-hydrogen) atoms. The number of aryl methyl sites for hydroxylation is 5. The molecule has 5 heterocycles. The third-order valence-electron chi connectivity index (χ3n) is 15.8. The summed E-state index contributed by atoms with van der Waals surface area (Å²) in [7, 11) is 6.60. The van der Waals surface area contributed by atoms with Crippen molar-refractivity contribution in [1.29, 1.82) is 0 Å². The van der Waals surface area contributed by atoms with Gasteiger partial charge < -0.3 is 104 Å². The van der Waals surface area contributed by atoms with E-state index in [0.717, 1.165) is 40.8 Å². The van der Waals surface area contributed by atoms with E-state index in [-0.39, 0.29) is 78.4 Å². The van der Waals surface area contributed by atoms with Crippen LogP contribution in [0.3, 0.4) is 0 Å². The average Bonchev–Trinajstić information content (AvgIpc) is 1.69. The second kappa shape index (κ2) is 38.1. The Balaban J connectivity index is 0.580. The van der Waals surface area contributed by atoms with Crippen molar-refractivity contribution in [2.45, 2.75) is 39.2 Å². The first-order valence-corrected chi connectivity index (χ1v) is 32.9. The zero-order valence-corrected chi connectivity index (χ0v) is 57.5. The summed E-state index contributed by atoms with van der Waals surface area (Å²) in [5.41, 5.74) is 19.9. The Kier molecular flexibility index (Phi) is 29.0. The molecule has 0 unspecified atom stereocenters.